The average Bonchev–Trinajstić information content (AvgIpc) is 2.38. The van der Waals surface area contributed by atoms with Gasteiger partial charge >= 0.3 is 5.97 Å². The second-order valence-electron chi connectivity index (χ2n) is 4.35. The minimum absolute atomic E-state index is 0.0524. The molecule has 0 aromatic rings. The third-order valence-corrected chi connectivity index (χ3v) is 3.21. The number of rotatable bonds is 5. The highest BCUT2D eigenvalue weighted by atomic mass is 16.5. The Bertz CT molecular complexity index is 268. The number of amides is 1. The van der Waals surface area contributed by atoms with E-state index in [1.165, 1.54) is 7.11 Å². The first-order chi connectivity index (χ1) is 8.19. The third-order valence-electron chi connectivity index (χ3n) is 3.21. The van der Waals surface area contributed by atoms with E-state index in [1.54, 1.807) is 7.05 Å². The fourth-order valence-corrected chi connectivity index (χ4v) is 2.23. The van der Waals surface area contributed by atoms with Crippen molar-refractivity contribution in [2.45, 2.75) is 38.1 Å². The van der Waals surface area contributed by atoms with Crippen LogP contribution in [0.3, 0.4) is 0 Å². The van der Waals surface area contributed by atoms with Crippen LogP contribution in [-0.2, 0) is 14.3 Å². The predicted molar refractivity (Wildman–Crippen MR) is 64.5 cm³/mol. The van der Waals surface area contributed by atoms with Gasteiger partial charge in [-0.15, -0.1) is 0 Å². The highest BCUT2D eigenvalue weighted by Gasteiger charge is 2.28. The number of nitrogens with zero attached hydrogens (tertiary/aromatic N) is 1. The largest absolute Gasteiger partial charge is 0.468 e. The number of esters is 1. The summed E-state index contributed by atoms with van der Waals surface area (Å²) in [5.74, 6) is -0.0960. The van der Waals surface area contributed by atoms with Crippen molar-refractivity contribution in [2.75, 3.05) is 27.2 Å². The molecule has 0 unspecified atom stereocenters. The summed E-state index contributed by atoms with van der Waals surface area (Å²) in [5.41, 5.74) is 0. The van der Waals surface area contributed by atoms with Gasteiger partial charge in [0.1, 0.15) is 6.04 Å². The van der Waals surface area contributed by atoms with Gasteiger partial charge in [-0.2, -0.15) is 0 Å². The second-order valence-corrected chi connectivity index (χ2v) is 4.35. The van der Waals surface area contributed by atoms with E-state index in [2.05, 4.69) is 10.2 Å². The first-order valence-electron chi connectivity index (χ1n) is 6.21. The molecule has 1 saturated heterocycles. The lowest BCUT2D eigenvalue weighted by atomic mass is 10.0. The summed E-state index contributed by atoms with van der Waals surface area (Å²) in [5, 5.41) is 2.60. The van der Waals surface area contributed by atoms with Crippen molar-refractivity contribution in [2.24, 2.45) is 0 Å². The van der Waals surface area contributed by atoms with Crippen molar-refractivity contribution in [3.63, 3.8) is 0 Å². The Morgan fingerprint density at radius 3 is 2.82 bits per heavy atom. The van der Waals surface area contributed by atoms with Gasteiger partial charge < -0.3 is 10.1 Å². The van der Waals surface area contributed by atoms with Gasteiger partial charge in [0.05, 0.1) is 7.11 Å². The fourth-order valence-electron chi connectivity index (χ4n) is 2.23. The topological polar surface area (TPSA) is 58.6 Å². The van der Waals surface area contributed by atoms with Crippen LogP contribution in [0.15, 0.2) is 0 Å². The molecular weight excluding hydrogens is 220 g/mol. The zero-order chi connectivity index (χ0) is 12.7. The van der Waals surface area contributed by atoms with Crippen molar-refractivity contribution in [3.8, 4) is 0 Å². The smallest absolute Gasteiger partial charge is 0.323 e. The number of ether oxygens (including phenoxy) is 1. The van der Waals surface area contributed by atoms with E-state index >= 15 is 0 Å². The van der Waals surface area contributed by atoms with Crippen LogP contribution in [0.4, 0.5) is 0 Å². The SMILES string of the molecule is CNC(=O)CCCN1CCCC[C@@H]1C(=O)OC. The predicted octanol–water partition coefficient (Wildman–Crippen LogP) is 0.540. The molecule has 1 aliphatic rings. The quantitative estimate of drug-likeness (QED) is 0.715. The normalized spacial score (nSPS) is 20.9. The van der Waals surface area contributed by atoms with E-state index in [0.29, 0.717) is 6.42 Å². The molecule has 1 N–H and O–H groups in total. The molecule has 5 nitrogen and oxygen atoms in total. The molecule has 17 heavy (non-hydrogen) atoms. The number of nitrogens with one attached hydrogen (secondary N) is 1. The van der Waals surface area contributed by atoms with Gasteiger partial charge in [0.25, 0.3) is 0 Å². The summed E-state index contributed by atoms with van der Waals surface area (Å²) in [4.78, 5) is 24.8. The van der Waals surface area contributed by atoms with E-state index in [1.807, 2.05) is 0 Å². The number of methoxy groups -OCH3 is 1. The molecule has 1 amide bonds. The first kappa shape index (κ1) is 14.0. The summed E-state index contributed by atoms with van der Waals surface area (Å²) in [6.45, 7) is 1.71. The highest BCUT2D eigenvalue weighted by molar-refractivity contribution is 5.76. The van der Waals surface area contributed by atoms with Crippen molar-refractivity contribution in [1.29, 1.82) is 0 Å². The van der Waals surface area contributed by atoms with E-state index in [0.717, 1.165) is 38.8 Å². The van der Waals surface area contributed by atoms with Crippen LogP contribution in [0.1, 0.15) is 32.1 Å². The molecule has 1 fully saturated rings. The van der Waals surface area contributed by atoms with Crippen LogP contribution in [0.25, 0.3) is 0 Å². The monoisotopic (exact) mass is 242 g/mol. The maximum absolute atomic E-state index is 11.6. The number of piperidine rings is 1. The number of hydrogen-bond donors (Lipinski definition) is 1. The summed E-state index contributed by atoms with van der Waals surface area (Å²) in [6.07, 6.45) is 4.36. The van der Waals surface area contributed by atoms with Crippen molar-refractivity contribution >= 4 is 11.9 Å². The minimum atomic E-state index is -0.148. The number of hydrogen-bond acceptors (Lipinski definition) is 4. The molecule has 0 aliphatic carbocycles. The number of carbonyl (C=O) groups is 2. The zero-order valence-corrected chi connectivity index (χ0v) is 10.7. The molecule has 98 valence electrons. The van der Waals surface area contributed by atoms with Crippen molar-refractivity contribution < 1.29 is 14.3 Å². The Labute approximate surface area is 102 Å². The van der Waals surface area contributed by atoms with Crippen molar-refractivity contribution in [3.05, 3.63) is 0 Å². The Balaban J connectivity index is 2.37. The molecular formula is C12H22N2O3. The minimum Gasteiger partial charge on any atom is -0.468 e. The number of likely N-dealkylation sites (tertiary alicyclic amines) is 1. The molecule has 0 radical (unpaired) electrons. The van der Waals surface area contributed by atoms with Gasteiger partial charge in [-0.05, 0) is 32.4 Å². The lowest BCUT2D eigenvalue weighted by Crippen LogP contribution is -2.45. The molecule has 0 bridgehead atoms. The Kier molecular flexibility index (Phi) is 5.97. The van der Waals surface area contributed by atoms with Gasteiger partial charge in [0.2, 0.25) is 5.91 Å². The summed E-state index contributed by atoms with van der Waals surface area (Å²) in [7, 11) is 3.07. The van der Waals surface area contributed by atoms with E-state index < -0.39 is 0 Å². The van der Waals surface area contributed by atoms with E-state index in [9.17, 15) is 9.59 Å². The van der Waals surface area contributed by atoms with Crippen LogP contribution in [-0.4, -0.2) is 50.1 Å². The molecule has 5 heteroatoms. The molecule has 0 saturated carbocycles. The Hall–Kier alpha value is -1.10. The second kappa shape index (κ2) is 7.27. The summed E-state index contributed by atoms with van der Waals surface area (Å²) >= 11 is 0. The maximum Gasteiger partial charge on any atom is 0.323 e. The molecule has 0 aromatic heterocycles. The molecule has 1 rings (SSSR count). The first-order valence-corrected chi connectivity index (χ1v) is 6.21. The lowest BCUT2D eigenvalue weighted by Gasteiger charge is -2.33. The van der Waals surface area contributed by atoms with Gasteiger partial charge in [0.15, 0.2) is 0 Å². The van der Waals surface area contributed by atoms with E-state index in [-0.39, 0.29) is 17.9 Å². The van der Waals surface area contributed by atoms with E-state index in [4.69, 9.17) is 4.74 Å². The molecule has 1 atom stereocenters. The van der Waals surface area contributed by atoms with Crippen LogP contribution in [0.5, 0.6) is 0 Å². The van der Waals surface area contributed by atoms with Gasteiger partial charge in [0, 0.05) is 13.5 Å². The molecule has 0 spiro atoms. The Morgan fingerprint density at radius 2 is 2.18 bits per heavy atom. The summed E-state index contributed by atoms with van der Waals surface area (Å²) in [6, 6.07) is -0.113. The summed E-state index contributed by atoms with van der Waals surface area (Å²) < 4.78 is 4.81. The van der Waals surface area contributed by atoms with Crippen LogP contribution in [0.2, 0.25) is 0 Å². The van der Waals surface area contributed by atoms with Crippen LogP contribution < -0.4 is 5.32 Å². The highest BCUT2D eigenvalue weighted by Crippen LogP contribution is 2.18. The standard InChI is InChI=1S/C12H22N2O3/c1-13-11(15)7-5-9-14-8-4-3-6-10(14)12(16)17-2/h10H,3-9H2,1-2H3,(H,13,15)/t10-/m1/s1. The lowest BCUT2D eigenvalue weighted by molar-refractivity contribution is -0.148. The third kappa shape index (κ3) is 4.34. The van der Waals surface area contributed by atoms with Crippen molar-refractivity contribution in [1.82, 2.24) is 10.2 Å². The Morgan fingerprint density at radius 1 is 1.41 bits per heavy atom. The zero-order valence-electron chi connectivity index (χ0n) is 10.7. The van der Waals surface area contributed by atoms with Crippen LogP contribution in [0, 0.1) is 0 Å². The van der Waals surface area contributed by atoms with Gasteiger partial charge in [-0.1, -0.05) is 6.42 Å². The molecule has 0 aromatic carbocycles. The van der Waals surface area contributed by atoms with Gasteiger partial charge in [-0.3, -0.25) is 14.5 Å². The van der Waals surface area contributed by atoms with Gasteiger partial charge in [-0.25, -0.2) is 0 Å². The van der Waals surface area contributed by atoms with Crippen LogP contribution >= 0.6 is 0 Å². The average molecular weight is 242 g/mol. The fraction of sp³-hybridized carbons (Fsp3) is 0.833. The molecule has 1 aliphatic heterocycles. The molecule has 1 heterocycles. The maximum atomic E-state index is 11.6. The number of carbonyl (C=O) groups excluding carboxylic acids is 2.